The van der Waals surface area contributed by atoms with Gasteiger partial charge in [0, 0.05) is 27.6 Å². The molecule has 0 aliphatic rings. The molecule has 114 valence electrons. The highest BCUT2D eigenvalue weighted by Crippen LogP contribution is 2.43. The Morgan fingerprint density at radius 3 is 2.45 bits per heavy atom. The first-order valence-electron chi connectivity index (χ1n) is 7.94. The number of fused-ring (bicyclic) bond motifs is 1. The third-order valence-corrected chi connectivity index (χ3v) is 5.34. The van der Waals surface area contributed by atoms with E-state index in [1.807, 2.05) is 18.4 Å². The van der Waals surface area contributed by atoms with E-state index >= 15 is 0 Å². The van der Waals surface area contributed by atoms with Crippen LogP contribution in [0.3, 0.4) is 0 Å². The van der Waals surface area contributed by atoms with Crippen LogP contribution in [0.1, 0.15) is 37.2 Å². The van der Waals surface area contributed by atoms with E-state index in [-0.39, 0.29) is 6.10 Å². The molecule has 0 fully saturated rings. The molecule has 0 spiro atoms. The van der Waals surface area contributed by atoms with E-state index in [9.17, 15) is 0 Å². The Bertz CT molecular complexity index is 730. The molecule has 1 aromatic heterocycles. The van der Waals surface area contributed by atoms with E-state index in [4.69, 9.17) is 4.74 Å². The summed E-state index contributed by atoms with van der Waals surface area (Å²) in [7, 11) is 1.83. The van der Waals surface area contributed by atoms with Gasteiger partial charge in [-0.1, -0.05) is 68.3 Å². The molecule has 22 heavy (non-hydrogen) atoms. The molecule has 0 saturated heterocycles. The lowest BCUT2D eigenvalue weighted by Crippen LogP contribution is -2.00. The number of rotatable bonds is 6. The number of unbranched alkanes of at least 4 members (excludes halogenated alkanes) is 1. The highest BCUT2D eigenvalue weighted by atomic mass is 32.1. The number of methoxy groups -OCH3 is 1. The fourth-order valence-electron chi connectivity index (χ4n) is 2.94. The van der Waals surface area contributed by atoms with Crippen molar-refractivity contribution in [3.63, 3.8) is 0 Å². The van der Waals surface area contributed by atoms with Gasteiger partial charge in [-0.05, 0) is 18.1 Å². The Balaban J connectivity index is 2.16. The number of hydrogen-bond donors (Lipinski definition) is 0. The number of thiophene rings is 1. The van der Waals surface area contributed by atoms with Gasteiger partial charge in [-0.15, -0.1) is 11.3 Å². The molecule has 0 N–H and O–H groups in total. The molecule has 1 unspecified atom stereocenters. The molecule has 0 amide bonds. The van der Waals surface area contributed by atoms with Crippen molar-refractivity contribution in [3.8, 4) is 11.1 Å². The third-order valence-electron chi connectivity index (χ3n) is 4.08. The lowest BCUT2D eigenvalue weighted by Gasteiger charge is -2.16. The topological polar surface area (TPSA) is 9.23 Å². The maximum Gasteiger partial charge on any atom is 0.0919 e. The van der Waals surface area contributed by atoms with Crippen molar-refractivity contribution in [1.29, 1.82) is 0 Å². The van der Waals surface area contributed by atoms with Gasteiger partial charge >= 0.3 is 0 Å². The highest BCUT2D eigenvalue weighted by Gasteiger charge is 2.20. The van der Waals surface area contributed by atoms with Crippen LogP contribution in [0.25, 0.3) is 21.2 Å². The van der Waals surface area contributed by atoms with Crippen LogP contribution < -0.4 is 0 Å². The lowest BCUT2D eigenvalue weighted by molar-refractivity contribution is 0.0969. The van der Waals surface area contributed by atoms with Gasteiger partial charge < -0.3 is 4.74 Å². The Labute approximate surface area is 136 Å². The van der Waals surface area contributed by atoms with Crippen molar-refractivity contribution in [3.05, 3.63) is 59.5 Å². The fourth-order valence-corrected chi connectivity index (χ4v) is 4.28. The summed E-state index contributed by atoms with van der Waals surface area (Å²) in [5, 5.41) is 1.34. The van der Waals surface area contributed by atoms with E-state index in [1.165, 1.54) is 38.9 Å². The van der Waals surface area contributed by atoms with Crippen LogP contribution in [-0.2, 0) is 4.74 Å². The molecule has 0 aliphatic carbocycles. The molecule has 3 rings (SSSR count). The van der Waals surface area contributed by atoms with Crippen molar-refractivity contribution < 1.29 is 4.74 Å². The van der Waals surface area contributed by atoms with Gasteiger partial charge in [-0.2, -0.15) is 0 Å². The van der Waals surface area contributed by atoms with Crippen LogP contribution in [0.2, 0.25) is 0 Å². The molecular formula is C20H22OS. The predicted octanol–water partition coefficient (Wildman–Crippen LogP) is 6.45. The largest absolute Gasteiger partial charge is 0.376 e. The summed E-state index contributed by atoms with van der Waals surface area (Å²) < 4.78 is 7.18. The number of benzene rings is 2. The van der Waals surface area contributed by atoms with Gasteiger partial charge in [0.05, 0.1) is 6.10 Å². The molecule has 1 atom stereocenters. The summed E-state index contributed by atoms with van der Waals surface area (Å²) in [6.45, 7) is 2.23. The van der Waals surface area contributed by atoms with Crippen LogP contribution in [0.4, 0.5) is 0 Å². The average molecular weight is 310 g/mol. The fraction of sp³-hybridized carbons (Fsp3) is 0.300. The normalized spacial score (nSPS) is 12.6. The Morgan fingerprint density at radius 1 is 1.00 bits per heavy atom. The number of ether oxygens (including phenoxy) is 1. The van der Waals surface area contributed by atoms with E-state index in [1.54, 1.807) is 0 Å². The molecule has 1 nitrogen and oxygen atoms in total. The van der Waals surface area contributed by atoms with Gasteiger partial charge in [0.1, 0.15) is 0 Å². The molecule has 0 radical (unpaired) electrons. The van der Waals surface area contributed by atoms with Crippen LogP contribution in [0, 0.1) is 0 Å². The molecule has 3 aromatic rings. The van der Waals surface area contributed by atoms with Crippen LogP contribution in [0.15, 0.2) is 54.6 Å². The number of hydrogen-bond acceptors (Lipinski definition) is 2. The molecule has 1 heterocycles. The zero-order chi connectivity index (χ0) is 15.4. The van der Waals surface area contributed by atoms with Gasteiger partial charge in [0.2, 0.25) is 0 Å². The monoisotopic (exact) mass is 310 g/mol. The Morgan fingerprint density at radius 2 is 1.73 bits per heavy atom. The second-order valence-electron chi connectivity index (χ2n) is 5.57. The summed E-state index contributed by atoms with van der Waals surface area (Å²) in [5.41, 5.74) is 2.64. The third kappa shape index (κ3) is 2.94. The molecular weight excluding hydrogens is 288 g/mol. The van der Waals surface area contributed by atoms with Gasteiger partial charge in [0.15, 0.2) is 0 Å². The van der Waals surface area contributed by atoms with E-state index in [0.29, 0.717) is 0 Å². The second-order valence-corrected chi connectivity index (χ2v) is 6.65. The van der Waals surface area contributed by atoms with Crippen molar-refractivity contribution in [1.82, 2.24) is 0 Å². The summed E-state index contributed by atoms with van der Waals surface area (Å²) in [4.78, 5) is 1.36. The maximum atomic E-state index is 5.84. The van der Waals surface area contributed by atoms with Gasteiger partial charge in [-0.25, -0.2) is 0 Å². The average Bonchev–Trinajstić information content (AvgIpc) is 2.95. The van der Waals surface area contributed by atoms with Crippen molar-refractivity contribution in [2.45, 2.75) is 32.3 Å². The quantitative estimate of drug-likeness (QED) is 0.508. The minimum Gasteiger partial charge on any atom is -0.376 e. The molecule has 2 aromatic carbocycles. The zero-order valence-electron chi connectivity index (χ0n) is 13.2. The first-order valence-corrected chi connectivity index (χ1v) is 8.76. The van der Waals surface area contributed by atoms with Crippen molar-refractivity contribution in [2.75, 3.05) is 7.11 Å². The first kappa shape index (κ1) is 15.3. The van der Waals surface area contributed by atoms with Crippen LogP contribution >= 0.6 is 11.3 Å². The maximum absolute atomic E-state index is 5.84. The Hall–Kier alpha value is -1.64. The summed E-state index contributed by atoms with van der Waals surface area (Å²) in [5.74, 6) is 0. The predicted molar refractivity (Wildman–Crippen MR) is 96.5 cm³/mol. The summed E-state index contributed by atoms with van der Waals surface area (Å²) in [6, 6.07) is 19.4. The minimum absolute atomic E-state index is 0.188. The van der Waals surface area contributed by atoms with Crippen LogP contribution in [0.5, 0.6) is 0 Å². The summed E-state index contributed by atoms with van der Waals surface area (Å²) >= 11 is 1.88. The van der Waals surface area contributed by atoms with E-state index in [0.717, 1.165) is 6.42 Å². The Kier molecular flexibility index (Phi) is 4.91. The van der Waals surface area contributed by atoms with Crippen molar-refractivity contribution >= 4 is 21.4 Å². The lowest BCUT2D eigenvalue weighted by atomic mass is 9.98. The SMILES string of the molecule is CCCCC(OC)c1sc2ccccc2c1-c1ccccc1. The van der Waals surface area contributed by atoms with Gasteiger partial charge in [0.25, 0.3) is 0 Å². The second kappa shape index (κ2) is 7.08. The van der Waals surface area contributed by atoms with E-state index < -0.39 is 0 Å². The zero-order valence-corrected chi connectivity index (χ0v) is 14.0. The molecule has 0 aliphatic heterocycles. The minimum atomic E-state index is 0.188. The molecule has 2 heteroatoms. The highest BCUT2D eigenvalue weighted by molar-refractivity contribution is 7.19. The molecule has 0 saturated carbocycles. The smallest absolute Gasteiger partial charge is 0.0919 e. The molecule has 0 bridgehead atoms. The van der Waals surface area contributed by atoms with Gasteiger partial charge in [-0.3, -0.25) is 0 Å². The van der Waals surface area contributed by atoms with Crippen molar-refractivity contribution in [2.24, 2.45) is 0 Å². The summed E-state index contributed by atoms with van der Waals surface area (Å²) in [6.07, 6.45) is 3.67. The van der Waals surface area contributed by atoms with Crippen LogP contribution in [-0.4, -0.2) is 7.11 Å². The van der Waals surface area contributed by atoms with E-state index in [2.05, 4.69) is 61.5 Å². The first-order chi connectivity index (χ1) is 10.8. The standard InChI is InChI=1S/C20H22OS/c1-3-4-13-17(21-2)20-19(15-10-6-5-7-11-15)16-12-8-9-14-18(16)22-20/h5-12,14,17H,3-4,13H2,1-2H3.